The summed E-state index contributed by atoms with van der Waals surface area (Å²) in [5.41, 5.74) is 4.90. The summed E-state index contributed by atoms with van der Waals surface area (Å²) < 4.78 is 18.9. The Morgan fingerprint density at radius 3 is 2.73 bits per heavy atom. The maximum atomic E-state index is 13.1. The summed E-state index contributed by atoms with van der Waals surface area (Å²) in [5, 5.41) is 1.08. The third kappa shape index (κ3) is 2.99. The lowest BCUT2D eigenvalue weighted by atomic mass is 10.1. The van der Waals surface area contributed by atoms with Crippen LogP contribution in [0.25, 0.3) is 10.9 Å². The van der Waals surface area contributed by atoms with Crippen molar-refractivity contribution in [2.24, 2.45) is 0 Å². The van der Waals surface area contributed by atoms with Crippen LogP contribution in [0.2, 0.25) is 0 Å². The van der Waals surface area contributed by atoms with E-state index in [0.29, 0.717) is 25.3 Å². The van der Waals surface area contributed by atoms with Gasteiger partial charge in [-0.15, -0.1) is 0 Å². The van der Waals surface area contributed by atoms with E-state index in [1.807, 2.05) is 30.0 Å². The number of rotatable bonds is 2. The van der Waals surface area contributed by atoms with Crippen molar-refractivity contribution in [2.75, 3.05) is 19.7 Å². The highest BCUT2D eigenvalue weighted by Crippen LogP contribution is 2.26. The van der Waals surface area contributed by atoms with Gasteiger partial charge in [0.15, 0.2) is 0 Å². The van der Waals surface area contributed by atoms with Crippen molar-refractivity contribution in [3.63, 3.8) is 0 Å². The lowest BCUT2D eigenvalue weighted by Gasteiger charge is -2.33. The van der Waals surface area contributed by atoms with E-state index in [-0.39, 0.29) is 17.8 Å². The van der Waals surface area contributed by atoms with Crippen LogP contribution < -0.4 is 0 Å². The van der Waals surface area contributed by atoms with Crippen LogP contribution in [0, 0.1) is 19.7 Å². The van der Waals surface area contributed by atoms with Crippen LogP contribution in [0.4, 0.5) is 4.39 Å². The molecule has 4 nitrogen and oxygen atoms in total. The summed E-state index contributed by atoms with van der Waals surface area (Å²) >= 11 is 0. The highest BCUT2D eigenvalue weighted by atomic mass is 19.1. The summed E-state index contributed by atoms with van der Waals surface area (Å²) in [5.74, 6) is -0.275. The predicted octanol–water partition coefficient (Wildman–Crippen LogP) is 4.14. The Kier molecular flexibility index (Phi) is 4.24. The number of hydrogen-bond acceptors (Lipinski definition) is 2. The van der Waals surface area contributed by atoms with Crippen LogP contribution in [0.1, 0.15) is 33.3 Å². The Balaban J connectivity index is 1.57. The van der Waals surface area contributed by atoms with E-state index in [1.165, 1.54) is 17.7 Å². The number of benzene rings is 2. The minimum atomic E-state index is -0.275. The van der Waals surface area contributed by atoms with Crippen LogP contribution in [0.15, 0.2) is 42.5 Å². The molecule has 0 aliphatic carbocycles. The maximum Gasteiger partial charge on any atom is 0.254 e. The molecule has 0 saturated carbocycles. The molecule has 134 valence electrons. The normalized spacial score (nSPS) is 17.7. The molecule has 4 rings (SSSR count). The van der Waals surface area contributed by atoms with Gasteiger partial charge in [0.1, 0.15) is 11.9 Å². The number of aryl methyl sites for hydroxylation is 2. The molecule has 1 atom stereocenters. The summed E-state index contributed by atoms with van der Waals surface area (Å²) in [4.78, 5) is 18.1. The van der Waals surface area contributed by atoms with Gasteiger partial charge < -0.3 is 14.6 Å². The van der Waals surface area contributed by atoms with Crippen molar-refractivity contribution in [1.29, 1.82) is 0 Å². The fourth-order valence-electron chi connectivity index (χ4n) is 3.49. The molecule has 0 radical (unpaired) electrons. The number of aromatic amines is 1. The van der Waals surface area contributed by atoms with Gasteiger partial charge in [0.2, 0.25) is 0 Å². The van der Waals surface area contributed by atoms with E-state index in [4.69, 9.17) is 4.74 Å². The van der Waals surface area contributed by atoms with Gasteiger partial charge in [-0.25, -0.2) is 4.39 Å². The number of carbonyl (C=O) groups excluding carboxylic acids is 1. The molecule has 1 aliphatic heterocycles. The maximum absolute atomic E-state index is 13.1. The fraction of sp³-hybridized carbons (Fsp3) is 0.286. The summed E-state index contributed by atoms with van der Waals surface area (Å²) in [6.07, 6.45) is -0.228. The Morgan fingerprint density at radius 2 is 1.96 bits per heavy atom. The van der Waals surface area contributed by atoms with E-state index in [2.05, 4.69) is 11.9 Å². The van der Waals surface area contributed by atoms with Crippen molar-refractivity contribution in [3.8, 4) is 0 Å². The SMILES string of the molecule is Cc1[nH]c2ccc(C(=O)N3CCOC(c4ccc(F)cc4)C3)cc2c1C. The number of H-pyrrole nitrogens is 1. The molecule has 1 N–H and O–H groups in total. The average Bonchev–Trinajstić information content (AvgIpc) is 2.95. The highest BCUT2D eigenvalue weighted by Gasteiger charge is 2.26. The number of amides is 1. The molecule has 0 bridgehead atoms. The molecule has 1 saturated heterocycles. The Hall–Kier alpha value is -2.66. The third-order valence-corrected chi connectivity index (χ3v) is 5.15. The second kappa shape index (κ2) is 6.57. The number of morpholine rings is 1. The summed E-state index contributed by atoms with van der Waals surface area (Å²) in [7, 11) is 0. The molecule has 1 aliphatic rings. The third-order valence-electron chi connectivity index (χ3n) is 5.15. The molecule has 3 aromatic rings. The molecule has 1 unspecified atom stereocenters. The van der Waals surface area contributed by atoms with Crippen LogP contribution in [-0.2, 0) is 4.74 Å². The van der Waals surface area contributed by atoms with Crippen molar-refractivity contribution in [2.45, 2.75) is 20.0 Å². The van der Waals surface area contributed by atoms with Gasteiger partial charge in [-0.2, -0.15) is 0 Å². The predicted molar refractivity (Wildman–Crippen MR) is 98.8 cm³/mol. The Labute approximate surface area is 151 Å². The molecular formula is C21H21FN2O2. The topological polar surface area (TPSA) is 45.3 Å². The minimum Gasteiger partial charge on any atom is -0.370 e. The van der Waals surface area contributed by atoms with Crippen LogP contribution in [0.3, 0.4) is 0 Å². The molecule has 5 heteroatoms. The molecule has 1 fully saturated rings. The molecular weight excluding hydrogens is 331 g/mol. The number of nitrogens with one attached hydrogen (secondary N) is 1. The van der Waals surface area contributed by atoms with E-state index in [9.17, 15) is 9.18 Å². The summed E-state index contributed by atoms with van der Waals surface area (Å²) in [6.45, 7) is 5.58. The van der Waals surface area contributed by atoms with Crippen molar-refractivity contribution in [1.82, 2.24) is 9.88 Å². The first kappa shape index (κ1) is 16.8. The number of hydrogen-bond donors (Lipinski definition) is 1. The van der Waals surface area contributed by atoms with E-state index < -0.39 is 0 Å². The van der Waals surface area contributed by atoms with Crippen molar-refractivity contribution >= 4 is 16.8 Å². The number of ether oxygens (including phenoxy) is 1. The molecule has 0 spiro atoms. The first-order valence-electron chi connectivity index (χ1n) is 8.78. The van der Waals surface area contributed by atoms with E-state index >= 15 is 0 Å². The Bertz CT molecular complexity index is 962. The molecule has 1 aromatic heterocycles. The van der Waals surface area contributed by atoms with Gasteiger partial charge in [0.05, 0.1) is 13.2 Å². The number of fused-ring (bicyclic) bond motifs is 1. The van der Waals surface area contributed by atoms with Gasteiger partial charge >= 0.3 is 0 Å². The van der Waals surface area contributed by atoms with Crippen molar-refractivity contribution in [3.05, 3.63) is 70.7 Å². The van der Waals surface area contributed by atoms with Gasteiger partial charge in [0, 0.05) is 28.7 Å². The smallest absolute Gasteiger partial charge is 0.254 e. The number of halogens is 1. The van der Waals surface area contributed by atoms with Gasteiger partial charge in [-0.1, -0.05) is 12.1 Å². The van der Waals surface area contributed by atoms with Gasteiger partial charge in [-0.05, 0) is 55.3 Å². The Morgan fingerprint density at radius 1 is 1.19 bits per heavy atom. The molecule has 2 aromatic carbocycles. The molecule has 2 heterocycles. The van der Waals surface area contributed by atoms with Crippen molar-refractivity contribution < 1.29 is 13.9 Å². The zero-order valence-electron chi connectivity index (χ0n) is 14.9. The quantitative estimate of drug-likeness (QED) is 0.753. The minimum absolute atomic E-state index is 0.000523. The first-order chi connectivity index (χ1) is 12.5. The second-order valence-corrected chi connectivity index (χ2v) is 6.80. The average molecular weight is 352 g/mol. The molecule has 1 amide bonds. The lowest BCUT2D eigenvalue weighted by Crippen LogP contribution is -2.42. The molecule has 26 heavy (non-hydrogen) atoms. The zero-order valence-corrected chi connectivity index (χ0v) is 14.9. The zero-order chi connectivity index (χ0) is 18.3. The van der Waals surface area contributed by atoms with Gasteiger partial charge in [-0.3, -0.25) is 4.79 Å². The van der Waals surface area contributed by atoms with E-state index in [1.54, 1.807) is 12.1 Å². The second-order valence-electron chi connectivity index (χ2n) is 6.80. The van der Waals surface area contributed by atoms with Crippen LogP contribution in [-0.4, -0.2) is 35.5 Å². The first-order valence-corrected chi connectivity index (χ1v) is 8.78. The van der Waals surface area contributed by atoms with Crippen LogP contribution >= 0.6 is 0 Å². The highest BCUT2D eigenvalue weighted by molar-refractivity contribution is 5.99. The number of carbonyl (C=O) groups is 1. The number of aromatic nitrogens is 1. The summed E-state index contributed by atoms with van der Waals surface area (Å²) in [6, 6.07) is 12.1. The number of nitrogens with zero attached hydrogens (tertiary/aromatic N) is 1. The fourth-order valence-corrected chi connectivity index (χ4v) is 3.49. The monoisotopic (exact) mass is 352 g/mol. The largest absolute Gasteiger partial charge is 0.370 e. The lowest BCUT2D eigenvalue weighted by molar-refractivity contribution is -0.0228. The van der Waals surface area contributed by atoms with E-state index in [0.717, 1.165) is 22.2 Å². The van der Waals surface area contributed by atoms with Crippen LogP contribution in [0.5, 0.6) is 0 Å². The standard InChI is InChI=1S/C21H21FN2O2/c1-13-14(2)23-19-8-5-16(11-18(13)19)21(25)24-9-10-26-20(12-24)15-3-6-17(22)7-4-15/h3-8,11,20,23H,9-10,12H2,1-2H3. The van der Waals surface area contributed by atoms with Gasteiger partial charge in [0.25, 0.3) is 5.91 Å².